The molecule has 2 aromatic rings. The van der Waals surface area contributed by atoms with E-state index in [1.54, 1.807) is 18.2 Å². The van der Waals surface area contributed by atoms with Crippen LogP contribution in [0.3, 0.4) is 0 Å². The molecule has 0 fully saturated rings. The number of ether oxygens (including phenoxy) is 3. The maximum Gasteiger partial charge on any atom is 0.211 e. The minimum atomic E-state index is -0.399. The van der Waals surface area contributed by atoms with Crippen LogP contribution in [0, 0.1) is 9.39 Å². The first-order valence-electron chi connectivity index (χ1n) is 5.70. The molecule has 0 spiro atoms. The fourth-order valence-electron chi connectivity index (χ4n) is 1.66. The van der Waals surface area contributed by atoms with E-state index in [2.05, 4.69) is 0 Å². The highest BCUT2D eigenvalue weighted by molar-refractivity contribution is 14.1. The Kier molecular flexibility index (Phi) is 4.53. The second-order valence-corrected chi connectivity index (χ2v) is 5.06. The smallest absolute Gasteiger partial charge is 0.211 e. The predicted molar refractivity (Wildman–Crippen MR) is 83.1 cm³/mol. The van der Waals surface area contributed by atoms with Crippen molar-refractivity contribution in [3.63, 3.8) is 0 Å². The van der Waals surface area contributed by atoms with Gasteiger partial charge in [0.05, 0.1) is 23.5 Å². The Labute approximate surface area is 129 Å². The Morgan fingerprint density at radius 2 is 1.65 bits per heavy atom. The van der Waals surface area contributed by atoms with Gasteiger partial charge in [-0.25, -0.2) is 4.39 Å². The fourth-order valence-corrected chi connectivity index (χ4v) is 2.15. The summed E-state index contributed by atoms with van der Waals surface area (Å²) in [5.74, 6) is 1.12. The van der Waals surface area contributed by atoms with Gasteiger partial charge in [0.25, 0.3) is 0 Å². The monoisotopic (exact) mass is 389 g/mol. The lowest BCUT2D eigenvalue weighted by molar-refractivity contribution is 0.346. The zero-order chi connectivity index (χ0) is 14.7. The predicted octanol–water partition coefficient (Wildman–Crippen LogP) is 3.82. The first-order chi connectivity index (χ1) is 9.56. The molecule has 2 rings (SSSR count). The number of para-hydroxylation sites is 1. The molecule has 0 atom stereocenters. The summed E-state index contributed by atoms with van der Waals surface area (Å²) in [6.45, 7) is 0. The minimum Gasteiger partial charge on any atom is -0.493 e. The molecule has 0 saturated carbocycles. The van der Waals surface area contributed by atoms with Crippen LogP contribution < -0.4 is 19.9 Å². The van der Waals surface area contributed by atoms with Crippen LogP contribution in [0.4, 0.5) is 10.1 Å². The van der Waals surface area contributed by atoms with E-state index in [4.69, 9.17) is 19.9 Å². The number of methoxy groups -OCH3 is 2. The third-order valence-electron chi connectivity index (χ3n) is 2.65. The molecule has 2 aromatic carbocycles. The van der Waals surface area contributed by atoms with Crippen LogP contribution in [0.15, 0.2) is 30.3 Å². The van der Waals surface area contributed by atoms with E-state index >= 15 is 0 Å². The summed E-state index contributed by atoms with van der Waals surface area (Å²) >= 11 is 1.87. The summed E-state index contributed by atoms with van der Waals surface area (Å²) in [7, 11) is 3.03. The summed E-state index contributed by atoms with van der Waals surface area (Å²) < 4.78 is 30.1. The van der Waals surface area contributed by atoms with Crippen LogP contribution in [0.2, 0.25) is 0 Å². The number of halogens is 2. The zero-order valence-electron chi connectivity index (χ0n) is 10.9. The Balaban J connectivity index is 2.47. The van der Waals surface area contributed by atoms with Crippen molar-refractivity contribution >= 4 is 28.3 Å². The Morgan fingerprint density at radius 1 is 1.05 bits per heavy atom. The number of rotatable bonds is 4. The van der Waals surface area contributed by atoms with E-state index in [1.807, 2.05) is 22.6 Å². The lowest BCUT2D eigenvalue weighted by Crippen LogP contribution is -1.98. The van der Waals surface area contributed by atoms with Gasteiger partial charge in [0.2, 0.25) is 5.75 Å². The quantitative estimate of drug-likeness (QED) is 0.638. The van der Waals surface area contributed by atoms with Crippen molar-refractivity contribution in [2.45, 2.75) is 0 Å². The van der Waals surface area contributed by atoms with Gasteiger partial charge in [-0.1, -0.05) is 6.07 Å². The van der Waals surface area contributed by atoms with Crippen LogP contribution in [0.25, 0.3) is 0 Å². The highest BCUT2D eigenvalue weighted by Crippen LogP contribution is 2.41. The van der Waals surface area contributed by atoms with Gasteiger partial charge in [-0.05, 0) is 40.8 Å². The second kappa shape index (κ2) is 6.17. The number of nitrogens with two attached hydrogens (primary N) is 1. The minimum absolute atomic E-state index is 0.214. The Bertz CT molecular complexity index is 612. The van der Waals surface area contributed by atoms with Gasteiger partial charge < -0.3 is 19.9 Å². The van der Waals surface area contributed by atoms with E-state index in [9.17, 15) is 4.39 Å². The maximum absolute atomic E-state index is 13.6. The SMILES string of the molecule is COc1cccc(OC)c1Oc1cc(F)c(I)cc1N. The van der Waals surface area contributed by atoms with Crippen LogP contribution in [0.1, 0.15) is 0 Å². The van der Waals surface area contributed by atoms with Gasteiger partial charge in [0.15, 0.2) is 17.2 Å². The Morgan fingerprint density at radius 3 is 2.20 bits per heavy atom. The normalized spacial score (nSPS) is 10.2. The summed E-state index contributed by atoms with van der Waals surface area (Å²) in [4.78, 5) is 0. The first kappa shape index (κ1) is 14.7. The summed E-state index contributed by atoms with van der Waals surface area (Å²) in [5.41, 5.74) is 6.18. The first-order valence-corrected chi connectivity index (χ1v) is 6.78. The average Bonchev–Trinajstić information content (AvgIpc) is 2.44. The molecular weight excluding hydrogens is 376 g/mol. The van der Waals surface area contributed by atoms with E-state index in [-0.39, 0.29) is 5.75 Å². The summed E-state index contributed by atoms with van der Waals surface area (Å²) in [5, 5.41) is 0. The standard InChI is InChI=1S/C14H13FINO3/c1-18-11-4-3-5-12(19-2)14(11)20-13-6-8(15)9(16)7-10(13)17/h3-7H,17H2,1-2H3. The average molecular weight is 389 g/mol. The second-order valence-electron chi connectivity index (χ2n) is 3.90. The number of hydrogen-bond acceptors (Lipinski definition) is 4. The molecule has 0 amide bonds. The molecule has 2 N–H and O–H groups in total. The van der Waals surface area contributed by atoms with Gasteiger partial charge in [-0.15, -0.1) is 0 Å². The van der Waals surface area contributed by atoms with Gasteiger partial charge in [-0.2, -0.15) is 0 Å². The third-order valence-corrected chi connectivity index (χ3v) is 3.47. The highest BCUT2D eigenvalue weighted by atomic mass is 127. The van der Waals surface area contributed by atoms with Gasteiger partial charge >= 0.3 is 0 Å². The molecular formula is C14H13FINO3. The van der Waals surface area contributed by atoms with Crippen molar-refractivity contribution in [2.75, 3.05) is 20.0 Å². The summed E-state index contributed by atoms with van der Waals surface area (Å²) in [6.07, 6.45) is 0. The molecule has 4 nitrogen and oxygen atoms in total. The lowest BCUT2D eigenvalue weighted by Gasteiger charge is -2.15. The summed E-state index contributed by atoms with van der Waals surface area (Å²) in [6, 6.07) is 7.95. The molecule has 0 aliphatic rings. The number of hydrogen-bond donors (Lipinski definition) is 1. The van der Waals surface area contributed by atoms with Gasteiger partial charge in [0.1, 0.15) is 5.82 Å². The fraction of sp³-hybridized carbons (Fsp3) is 0.143. The van der Waals surface area contributed by atoms with Crippen LogP contribution in [-0.4, -0.2) is 14.2 Å². The van der Waals surface area contributed by atoms with Crippen molar-refractivity contribution in [2.24, 2.45) is 0 Å². The topological polar surface area (TPSA) is 53.7 Å². The lowest BCUT2D eigenvalue weighted by atomic mass is 10.2. The molecule has 0 bridgehead atoms. The molecule has 0 saturated heterocycles. The highest BCUT2D eigenvalue weighted by Gasteiger charge is 2.15. The van der Waals surface area contributed by atoms with Crippen molar-refractivity contribution < 1.29 is 18.6 Å². The van der Waals surface area contributed by atoms with Crippen molar-refractivity contribution in [3.8, 4) is 23.0 Å². The van der Waals surface area contributed by atoms with E-state index in [0.29, 0.717) is 26.5 Å². The van der Waals surface area contributed by atoms with Gasteiger partial charge in [-0.3, -0.25) is 0 Å². The maximum atomic E-state index is 13.6. The zero-order valence-corrected chi connectivity index (χ0v) is 13.1. The van der Waals surface area contributed by atoms with E-state index in [0.717, 1.165) is 0 Å². The third kappa shape index (κ3) is 2.90. The molecule has 106 valence electrons. The van der Waals surface area contributed by atoms with Crippen molar-refractivity contribution in [1.29, 1.82) is 0 Å². The van der Waals surface area contributed by atoms with Crippen LogP contribution in [0.5, 0.6) is 23.0 Å². The van der Waals surface area contributed by atoms with Crippen molar-refractivity contribution in [1.82, 2.24) is 0 Å². The van der Waals surface area contributed by atoms with Crippen molar-refractivity contribution in [3.05, 3.63) is 39.7 Å². The van der Waals surface area contributed by atoms with Crippen LogP contribution in [-0.2, 0) is 0 Å². The van der Waals surface area contributed by atoms with Gasteiger partial charge in [0, 0.05) is 6.07 Å². The van der Waals surface area contributed by atoms with Crippen LogP contribution >= 0.6 is 22.6 Å². The molecule has 0 radical (unpaired) electrons. The van der Waals surface area contributed by atoms with E-state index < -0.39 is 5.82 Å². The largest absolute Gasteiger partial charge is 0.493 e. The molecule has 6 heteroatoms. The van der Waals surface area contributed by atoms with E-state index in [1.165, 1.54) is 26.4 Å². The molecule has 20 heavy (non-hydrogen) atoms. The number of nitrogen functional groups attached to an aromatic ring is 1. The number of benzene rings is 2. The Hall–Kier alpha value is -1.70. The molecule has 0 aliphatic carbocycles. The molecule has 0 heterocycles. The molecule has 0 aromatic heterocycles. The molecule has 0 unspecified atom stereocenters. The molecule has 0 aliphatic heterocycles. The number of anilines is 1.